The van der Waals surface area contributed by atoms with Crippen molar-refractivity contribution in [2.45, 2.75) is 13.1 Å². The predicted octanol–water partition coefficient (Wildman–Crippen LogP) is 5.82. The van der Waals surface area contributed by atoms with Crippen molar-refractivity contribution in [2.75, 3.05) is 11.9 Å². The summed E-state index contributed by atoms with van der Waals surface area (Å²) in [6.45, 7) is 4.64. The lowest BCUT2D eigenvalue weighted by Gasteiger charge is -2.17. The van der Waals surface area contributed by atoms with E-state index in [9.17, 15) is 27.2 Å². The molecule has 0 spiro atoms. The molecule has 1 aromatic heterocycles. The fourth-order valence-corrected chi connectivity index (χ4v) is 3.42. The second kappa shape index (κ2) is 8.41. The minimum atomic E-state index is -4.79. The second-order valence-corrected chi connectivity index (χ2v) is 7.09. The summed E-state index contributed by atoms with van der Waals surface area (Å²) in [5, 5.41) is 2.55. The molecule has 0 aliphatic heterocycles. The third-order valence-corrected chi connectivity index (χ3v) is 4.81. The summed E-state index contributed by atoms with van der Waals surface area (Å²) < 4.78 is 53.8. The van der Waals surface area contributed by atoms with E-state index in [-0.39, 0.29) is 28.2 Å². The summed E-state index contributed by atoms with van der Waals surface area (Å²) in [5.74, 6) is -1.10. The van der Waals surface area contributed by atoms with Gasteiger partial charge in [0.1, 0.15) is 11.4 Å². The smallest absolute Gasteiger partial charge is 0.379 e. The molecular formula is C22H15ClF4N2O2. The molecule has 160 valence electrons. The third-order valence-electron chi connectivity index (χ3n) is 4.59. The van der Waals surface area contributed by atoms with Gasteiger partial charge in [-0.15, -0.1) is 5.73 Å². The summed E-state index contributed by atoms with van der Waals surface area (Å²) in [7, 11) is 0. The van der Waals surface area contributed by atoms with Gasteiger partial charge < -0.3 is 10.3 Å². The number of fused-ring (bicyclic) bond motifs is 1. The summed E-state index contributed by atoms with van der Waals surface area (Å²) in [6, 6.07) is 7.34. The molecule has 0 amide bonds. The molecule has 0 aliphatic rings. The van der Waals surface area contributed by atoms with E-state index in [1.807, 2.05) is 0 Å². The van der Waals surface area contributed by atoms with Crippen molar-refractivity contribution in [2.24, 2.45) is 0 Å². The topological polar surface area (TPSA) is 62.0 Å². The number of aromatic amines is 1. The van der Waals surface area contributed by atoms with Crippen LogP contribution in [0.5, 0.6) is 0 Å². The molecule has 4 nitrogen and oxygen atoms in total. The Kier molecular flexibility index (Phi) is 6.06. The Bertz CT molecular complexity index is 1290. The maximum atomic E-state index is 13.5. The number of aromatic nitrogens is 1. The molecule has 9 heteroatoms. The molecular weight excluding hydrogens is 436 g/mol. The van der Waals surface area contributed by atoms with Gasteiger partial charge in [-0.3, -0.25) is 9.59 Å². The summed E-state index contributed by atoms with van der Waals surface area (Å²) >= 11 is 5.91. The van der Waals surface area contributed by atoms with E-state index in [0.29, 0.717) is 17.2 Å². The van der Waals surface area contributed by atoms with Gasteiger partial charge in [0.15, 0.2) is 5.78 Å². The lowest BCUT2D eigenvalue weighted by Crippen LogP contribution is -2.22. The third kappa shape index (κ3) is 4.55. The summed E-state index contributed by atoms with van der Waals surface area (Å²) in [4.78, 5) is 26.8. The van der Waals surface area contributed by atoms with Gasteiger partial charge in [-0.1, -0.05) is 30.3 Å². The van der Waals surface area contributed by atoms with Crippen LogP contribution < -0.4 is 10.9 Å². The zero-order chi connectivity index (χ0) is 22.9. The van der Waals surface area contributed by atoms with E-state index >= 15 is 0 Å². The number of ketones is 1. The number of hydrogen-bond donors (Lipinski definition) is 2. The van der Waals surface area contributed by atoms with Crippen LogP contribution in [0.25, 0.3) is 16.5 Å². The molecule has 0 saturated carbocycles. The van der Waals surface area contributed by atoms with Gasteiger partial charge in [0.05, 0.1) is 16.8 Å². The molecule has 2 N–H and O–H groups in total. The number of rotatable bonds is 5. The summed E-state index contributed by atoms with van der Waals surface area (Å²) in [5.41, 5.74) is 0.617. The molecule has 0 saturated heterocycles. The van der Waals surface area contributed by atoms with E-state index in [0.717, 1.165) is 6.92 Å². The molecule has 0 aliphatic carbocycles. The number of nitrogens with one attached hydrogen (secondary N) is 2. The van der Waals surface area contributed by atoms with Crippen molar-refractivity contribution >= 4 is 39.5 Å². The largest absolute Gasteiger partial charge is 0.418 e. The van der Waals surface area contributed by atoms with E-state index < -0.39 is 34.4 Å². The van der Waals surface area contributed by atoms with Gasteiger partial charge >= 0.3 is 6.18 Å². The number of halogens is 5. The average molecular weight is 451 g/mol. The number of carbonyl (C=O) groups excluding carboxylic acids is 1. The molecule has 3 aromatic rings. The number of Topliss-reactive ketones (excluding diaryl/α,β-unsaturated/α-hetero) is 1. The van der Waals surface area contributed by atoms with Crippen molar-refractivity contribution in [1.82, 2.24) is 4.98 Å². The number of hydrogen-bond acceptors (Lipinski definition) is 3. The molecule has 0 bridgehead atoms. The summed E-state index contributed by atoms with van der Waals surface area (Å²) in [6.07, 6.45) is -4.79. The van der Waals surface area contributed by atoms with Crippen LogP contribution in [-0.2, 0) is 6.18 Å². The first-order valence-corrected chi connectivity index (χ1v) is 9.27. The standard InChI is InChI=1S/C22H15ClF4N2O2/c1-3-12(13-4-6-15(24)7-5-13)10-28-20-16-8-14(23)9-17(22(25,26)27)19(16)29-21(31)18(20)11(2)30/h4-9H,1,10H2,2H3,(H2,28,29,31). The molecule has 3 rings (SSSR count). The van der Waals surface area contributed by atoms with Gasteiger partial charge in [-0.2, -0.15) is 13.2 Å². The molecule has 0 unspecified atom stereocenters. The highest BCUT2D eigenvalue weighted by atomic mass is 35.5. The van der Waals surface area contributed by atoms with Gasteiger partial charge in [0.2, 0.25) is 0 Å². The minimum absolute atomic E-state index is 0.0537. The monoisotopic (exact) mass is 450 g/mol. The van der Waals surface area contributed by atoms with Crippen molar-refractivity contribution in [3.63, 3.8) is 0 Å². The number of H-pyrrole nitrogens is 1. The fraction of sp³-hybridized carbons (Fsp3) is 0.136. The normalized spacial score (nSPS) is 11.3. The van der Waals surface area contributed by atoms with Crippen molar-refractivity contribution < 1.29 is 22.4 Å². The fourth-order valence-electron chi connectivity index (χ4n) is 3.20. The highest BCUT2D eigenvalue weighted by Gasteiger charge is 2.34. The van der Waals surface area contributed by atoms with Gasteiger partial charge in [-0.05, 0) is 36.8 Å². The van der Waals surface area contributed by atoms with E-state index in [4.69, 9.17) is 11.6 Å². The lowest BCUT2D eigenvalue weighted by molar-refractivity contribution is -0.136. The van der Waals surface area contributed by atoms with Crippen LogP contribution in [0.1, 0.15) is 28.4 Å². The van der Waals surface area contributed by atoms with Gasteiger partial charge in [0, 0.05) is 22.5 Å². The van der Waals surface area contributed by atoms with Gasteiger partial charge in [-0.25, -0.2) is 4.39 Å². The Balaban J connectivity index is 2.20. The number of pyridine rings is 1. The zero-order valence-corrected chi connectivity index (χ0v) is 16.8. The number of anilines is 1. The predicted molar refractivity (Wildman–Crippen MR) is 112 cm³/mol. The minimum Gasteiger partial charge on any atom is -0.379 e. The van der Waals surface area contributed by atoms with Crippen molar-refractivity contribution in [3.05, 3.63) is 86.6 Å². The Morgan fingerprint density at radius 3 is 2.42 bits per heavy atom. The maximum absolute atomic E-state index is 13.5. The number of alkyl halides is 3. The Morgan fingerprint density at radius 1 is 1.23 bits per heavy atom. The highest BCUT2D eigenvalue weighted by molar-refractivity contribution is 6.31. The Labute approximate surface area is 178 Å². The van der Waals surface area contributed by atoms with Gasteiger partial charge in [0.25, 0.3) is 5.56 Å². The average Bonchev–Trinajstić information content (AvgIpc) is 2.68. The molecule has 0 radical (unpaired) electrons. The quantitative estimate of drug-likeness (QED) is 0.292. The first-order valence-electron chi connectivity index (χ1n) is 8.89. The molecule has 0 atom stereocenters. The Hall–Kier alpha value is -3.35. The Morgan fingerprint density at radius 2 is 1.87 bits per heavy atom. The molecule has 2 aromatic carbocycles. The SMILES string of the molecule is C=C=C(CNc1c(C(C)=O)c(=O)[nH]c2c(C(F)(F)F)cc(Cl)cc12)c1ccc(F)cc1. The van der Waals surface area contributed by atoms with Crippen LogP contribution in [0.15, 0.2) is 53.5 Å². The lowest BCUT2D eigenvalue weighted by atomic mass is 10.0. The second-order valence-electron chi connectivity index (χ2n) is 6.65. The molecule has 31 heavy (non-hydrogen) atoms. The van der Waals surface area contributed by atoms with Crippen LogP contribution in [0.2, 0.25) is 5.02 Å². The zero-order valence-electron chi connectivity index (χ0n) is 16.1. The molecule has 0 fully saturated rings. The van der Waals surface area contributed by atoms with E-state index in [2.05, 4.69) is 22.6 Å². The van der Waals surface area contributed by atoms with Crippen LogP contribution in [0, 0.1) is 5.82 Å². The van der Waals surface area contributed by atoms with Crippen LogP contribution in [0.3, 0.4) is 0 Å². The highest BCUT2D eigenvalue weighted by Crippen LogP contribution is 2.38. The first kappa shape index (κ1) is 22.3. The maximum Gasteiger partial charge on any atom is 0.418 e. The molecule has 1 heterocycles. The number of carbonyl (C=O) groups is 1. The van der Waals surface area contributed by atoms with E-state index in [1.54, 1.807) is 0 Å². The van der Waals surface area contributed by atoms with E-state index in [1.165, 1.54) is 30.3 Å². The first-order chi connectivity index (χ1) is 14.5. The van der Waals surface area contributed by atoms with Crippen LogP contribution in [0.4, 0.5) is 23.2 Å². The van der Waals surface area contributed by atoms with Crippen molar-refractivity contribution in [3.8, 4) is 0 Å². The van der Waals surface area contributed by atoms with Crippen molar-refractivity contribution in [1.29, 1.82) is 0 Å². The van der Waals surface area contributed by atoms with Crippen LogP contribution >= 0.6 is 11.6 Å². The van der Waals surface area contributed by atoms with Crippen LogP contribution in [-0.4, -0.2) is 17.3 Å². The number of benzene rings is 2.